The van der Waals surface area contributed by atoms with Gasteiger partial charge in [-0.05, 0) is 24.3 Å². The van der Waals surface area contributed by atoms with E-state index in [2.05, 4.69) is 4.74 Å². The summed E-state index contributed by atoms with van der Waals surface area (Å²) in [6.45, 7) is -1.69. The fourth-order valence-corrected chi connectivity index (χ4v) is 2.60. The molecule has 1 N–H and O–H groups in total. The monoisotopic (exact) mass is 341 g/mol. The number of aliphatic carboxylic acids is 1. The standard InChI is InChI=1S/C12H14F3NO5S/c1-16(7-6-11(17)18)22(19,20)10-4-2-9(3-5-10)21-8-12(13,14)15/h2-5H,6-8H2,1H3,(H,17,18). The van der Waals surface area contributed by atoms with Crippen LogP contribution in [0.1, 0.15) is 6.42 Å². The molecule has 1 aromatic carbocycles. The molecule has 0 saturated carbocycles. The highest BCUT2D eigenvalue weighted by atomic mass is 32.2. The number of carboxylic acids is 1. The summed E-state index contributed by atoms with van der Waals surface area (Å²) < 4.78 is 65.5. The van der Waals surface area contributed by atoms with Crippen LogP contribution in [0.3, 0.4) is 0 Å². The van der Waals surface area contributed by atoms with Crippen LogP contribution in [0.2, 0.25) is 0 Å². The normalized spacial score (nSPS) is 12.4. The number of carboxylic acid groups (broad SMARTS) is 1. The van der Waals surface area contributed by atoms with Crippen molar-refractivity contribution >= 4 is 16.0 Å². The molecule has 0 saturated heterocycles. The molecule has 0 fully saturated rings. The predicted octanol–water partition coefficient (Wildman–Crippen LogP) is 1.72. The maximum Gasteiger partial charge on any atom is 0.422 e. The van der Waals surface area contributed by atoms with Crippen LogP contribution in [0.15, 0.2) is 29.2 Å². The van der Waals surface area contributed by atoms with Crippen molar-refractivity contribution in [3.63, 3.8) is 0 Å². The Hall–Kier alpha value is -1.81. The molecular formula is C12H14F3NO5S. The number of nitrogens with zero attached hydrogens (tertiary/aromatic N) is 1. The molecule has 0 heterocycles. The summed E-state index contributed by atoms with van der Waals surface area (Å²) in [4.78, 5) is 10.3. The van der Waals surface area contributed by atoms with Gasteiger partial charge >= 0.3 is 12.1 Å². The van der Waals surface area contributed by atoms with E-state index in [1.165, 1.54) is 7.05 Å². The highest BCUT2D eigenvalue weighted by Crippen LogP contribution is 2.21. The van der Waals surface area contributed by atoms with Crippen LogP contribution in [0.25, 0.3) is 0 Å². The lowest BCUT2D eigenvalue weighted by molar-refractivity contribution is -0.153. The van der Waals surface area contributed by atoms with Crippen LogP contribution in [0.5, 0.6) is 5.75 Å². The first kappa shape index (κ1) is 18.2. The number of halogens is 3. The Kier molecular flexibility index (Phi) is 5.78. The molecule has 1 aromatic rings. The summed E-state index contributed by atoms with van der Waals surface area (Å²) in [6.07, 6.45) is -4.84. The third kappa shape index (κ3) is 5.53. The van der Waals surface area contributed by atoms with Crippen molar-refractivity contribution in [1.29, 1.82) is 0 Å². The minimum atomic E-state index is -4.48. The Morgan fingerprint density at radius 3 is 2.27 bits per heavy atom. The van der Waals surface area contributed by atoms with E-state index in [1.807, 2.05) is 0 Å². The molecule has 0 aliphatic carbocycles. The first-order chi connectivity index (χ1) is 10.0. The predicted molar refractivity (Wildman–Crippen MR) is 70.1 cm³/mol. The molecule has 0 spiro atoms. The Morgan fingerprint density at radius 1 is 1.27 bits per heavy atom. The number of ether oxygens (including phenoxy) is 1. The minimum absolute atomic E-state index is 0.121. The molecule has 0 bridgehead atoms. The largest absolute Gasteiger partial charge is 0.484 e. The minimum Gasteiger partial charge on any atom is -0.484 e. The fraction of sp³-hybridized carbons (Fsp3) is 0.417. The summed E-state index contributed by atoms with van der Waals surface area (Å²) in [5.74, 6) is -1.26. The average Bonchev–Trinajstić information content (AvgIpc) is 2.42. The fourth-order valence-electron chi connectivity index (χ4n) is 1.43. The molecule has 124 valence electrons. The SMILES string of the molecule is CN(CCC(=O)O)S(=O)(=O)c1ccc(OCC(F)(F)F)cc1. The quantitative estimate of drug-likeness (QED) is 0.816. The molecule has 1 rings (SSSR count). The number of alkyl halides is 3. The van der Waals surface area contributed by atoms with Crippen LogP contribution >= 0.6 is 0 Å². The van der Waals surface area contributed by atoms with Crippen LogP contribution < -0.4 is 4.74 Å². The van der Waals surface area contributed by atoms with Crippen molar-refractivity contribution in [3.05, 3.63) is 24.3 Å². The van der Waals surface area contributed by atoms with Crippen molar-refractivity contribution < 1.29 is 36.2 Å². The second-order valence-corrected chi connectivity index (χ2v) is 6.39. The third-order valence-electron chi connectivity index (χ3n) is 2.57. The summed E-state index contributed by atoms with van der Waals surface area (Å²) in [6, 6.07) is 4.39. The summed E-state index contributed by atoms with van der Waals surface area (Å²) in [7, 11) is -2.69. The second kappa shape index (κ2) is 6.97. The molecule has 0 aliphatic rings. The van der Waals surface area contributed by atoms with Gasteiger partial charge in [-0.1, -0.05) is 0 Å². The molecule has 0 amide bonds. The van der Waals surface area contributed by atoms with Gasteiger partial charge in [-0.25, -0.2) is 12.7 Å². The molecule has 0 aliphatic heterocycles. The summed E-state index contributed by atoms with van der Waals surface area (Å²) in [5.41, 5.74) is 0. The molecule has 10 heteroatoms. The van der Waals surface area contributed by atoms with Crippen molar-refractivity contribution in [2.24, 2.45) is 0 Å². The van der Waals surface area contributed by atoms with Crippen LogP contribution in [0.4, 0.5) is 13.2 Å². The van der Waals surface area contributed by atoms with E-state index in [-0.39, 0.29) is 23.6 Å². The summed E-state index contributed by atoms with van der Waals surface area (Å²) >= 11 is 0. The van der Waals surface area contributed by atoms with Gasteiger partial charge in [0.2, 0.25) is 10.0 Å². The van der Waals surface area contributed by atoms with Crippen LogP contribution in [0, 0.1) is 0 Å². The smallest absolute Gasteiger partial charge is 0.422 e. The zero-order valence-corrected chi connectivity index (χ0v) is 12.3. The van der Waals surface area contributed by atoms with Gasteiger partial charge in [0.05, 0.1) is 11.3 Å². The van der Waals surface area contributed by atoms with Crippen molar-refractivity contribution in [2.45, 2.75) is 17.5 Å². The lowest BCUT2D eigenvalue weighted by Gasteiger charge is -2.16. The number of carbonyl (C=O) groups is 1. The van der Waals surface area contributed by atoms with Crippen LogP contribution in [-0.4, -0.2) is 50.2 Å². The van der Waals surface area contributed by atoms with E-state index in [0.29, 0.717) is 0 Å². The molecule has 0 aromatic heterocycles. The highest BCUT2D eigenvalue weighted by Gasteiger charge is 2.28. The number of sulfonamides is 1. The van der Waals surface area contributed by atoms with E-state index in [4.69, 9.17) is 5.11 Å². The van der Waals surface area contributed by atoms with E-state index in [0.717, 1.165) is 28.6 Å². The number of benzene rings is 1. The topological polar surface area (TPSA) is 83.9 Å². The number of rotatable bonds is 7. The van der Waals surface area contributed by atoms with Gasteiger partial charge in [0.25, 0.3) is 0 Å². The number of hydrogen-bond donors (Lipinski definition) is 1. The lowest BCUT2D eigenvalue weighted by Crippen LogP contribution is -2.29. The van der Waals surface area contributed by atoms with Gasteiger partial charge in [0.15, 0.2) is 6.61 Å². The molecule has 0 unspecified atom stereocenters. The van der Waals surface area contributed by atoms with Gasteiger partial charge in [0, 0.05) is 13.6 Å². The first-order valence-electron chi connectivity index (χ1n) is 6.00. The maximum atomic E-state index is 12.1. The molecule has 0 atom stereocenters. The van der Waals surface area contributed by atoms with Gasteiger partial charge in [-0.3, -0.25) is 4.79 Å². The Bertz CT molecular complexity index is 613. The Balaban J connectivity index is 2.78. The van der Waals surface area contributed by atoms with Gasteiger partial charge in [-0.15, -0.1) is 0 Å². The molecule has 22 heavy (non-hydrogen) atoms. The molecule has 6 nitrogen and oxygen atoms in total. The zero-order valence-electron chi connectivity index (χ0n) is 11.5. The highest BCUT2D eigenvalue weighted by molar-refractivity contribution is 7.89. The second-order valence-electron chi connectivity index (χ2n) is 4.35. The van der Waals surface area contributed by atoms with E-state index >= 15 is 0 Å². The summed E-state index contributed by atoms with van der Waals surface area (Å²) in [5, 5.41) is 8.53. The maximum absolute atomic E-state index is 12.1. The van der Waals surface area contributed by atoms with E-state index in [9.17, 15) is 26.4 Å². The molecular weight excluding hydrogens is 327 g/mol. The zero-order chi connectivity index (χ0) is 17.0. The van der Waals surface area contributed by atoms with E-state index in [1.54, 1.807) is 0 Å². The van der Waals surface area contributed by atoms with Crippen LogP contribution in [-0.2, 0) is 14.8 Å². The number of hydrogen-bond acceptors (Lipinski definition) is 4. The van der Waals surface area contributed by atoms with Gasteiger partial charge in [0.1, 0.15) is 5.75 Å². The first-order valence-corrected chi connectivity index (χ1v) is 7.44. The van der Waals surface area contributed by atoms with E-state index < -0.39 is 28.8 Å². The van der Waals surface area contributed by atoms with Crippen molar-refractivity contribution in [2.75, 3.05) is 20.2 Å². The Labute approximate surface area is 125 Å². The van der Waals surface area contributed by atoms with Crippen molar-refractivity contribution in [1.82, 2.24) is 4.31 Å². The van der Waals surface area contributed by atoms with Gasteiger partial charge in [-0.2, -0.15) is 13.2 Å². The third-order valence-corrected chi connectivity index (χ3v) is 4.45. The lowest BCUT2D eigenvalue weighted by atomic mass is 10.3. The van der Waals surface area contributed by atoms with Gasteiger partial charge < -0.3 is 9.84 Å². The Morgan fingerprint density at radius 2 is 1.82 bits per heavy atom. The van der Waals surface area contributed by atoms with Crippen molar-refractivity contribution in [3.8, 4) is 5.75 Å². The molecule has 0 radical (unpaired) electrons. The average molecular weight is 341 g/mol.